The molecule has 0 unspecified atom stereocenters. The number of nitrogens with one attached hydrogen (secondary N) is 1. The summed E-state index contributed by atoms with van der Waals surface area (Å²) in [7, 11) is 0. The summed E-state index contributed by atoms with van der Waals surface area (Å²) in [5, 5.41) is 0. The van der Waals surface area contributed by atoms with E-state index in [1.165, 1.54) is 29.7 Å². The smallest absolute Gasteiger partial charge is 0.197 e. The summed E-state index contributed by atoms with van der Waals surface area (Å²) in [6.45, 7) is 0. The monoisotopic (exact) mass is 242 g/mol. The van der Waals surface area contributed by atoms with Gasteiger partial charge in [0.1, 0.15) is 0 Å². The molecule has 1 aliphatic carbocycles. The van der Waals surface area contributed by atoms with E-state index in [-0.39, 0.29) is 0 Å². The first-order valence-electron chi connectivity index (χ1n) is 6.02. The maximum atomic E-state index is 5.22. The van der Waals surface area contributed by atoms with E-state index in [2.05, 4.69) is 22.1 Å². The molecule has 0 amide bonds. The van der Waals surface area contributed by atoms with Crippen molar-refractivity contribution in [3.05, 3.63) is 46.4 Å². The first kappa shape index (κ1) is 10.7. The maximum absolute atomic E-state index is 5.22. The molecule has 0 atom stereocenters. The molecule has 0 saturated heterocycles. The Bertz CT molecular complexity index is 587. The molecule has 2 nitrogen and oxygen atoms in total. The Morgan fingerprint density at radius 1 is 1.06 bits per heavy atom. The van der Waals surface area contributed by atoms with Crippen molar-refractivity contribution in [1.82, 2.24) is 9.97 Å². The van der Waals surface area contributed by atoms with Crippen molar-refractivity contribution in [2.45, 2.75) is 25.7 Å². The van der Waals surface area contributed by atoms with Crippen LogP contribution < -0.4 is 0 Å². The Morgan fingerprint density at radius 3 is 2.65 bits per heavy atom. The number of H-pyrrole nitrogens is 1. The minimum Gasteiger partial charge on any atom is -0.334 e. The van der Waals surface area contributed by atoms with Gasteiger partial charge in [-0.1, -0.05) is 30.3 Å². The molecule has 0 bridgehead atoms. The Labute approximate surface area is 106 Å². The summed E-state index contributed by atoms with van der Waals surface area (Å²) >= 11 is 5.22. The Morgan fingerprint density at radius 2 is 1.82 bits per heavy atom. The van der Waals surface area contributed by atoms with Crippen molar-refractivity contribution in [3.8, 4) is 11.3 Å². The molecule has 1 aliphatic rings. The average Bonchev–Trinajstić information content (AvgIpc) is 2.39. The number of hydrogen-bond acceptors (Lipinski definition) is 2. The molecule has 1 N–H and O–H groups in total. The van der Waals surface area contributed by atoms with Crippen LogP contribution in [0.5, 0.6) is 0 Å². The van der Waals surface area contributed by atoms with Crippen LogP contribution >= 0.6 is 12.2 Å². The molecule has 1 aromatic heterocycles. The number of hydrogen-bond donors (Lipinski definition) is 1. The van der Waals surface area contributed by atoms with Gasteiger partial charge in [0.05, 0.1) is 5.69 Å². The van der Waals surface area contributed by atoms with E-state index in [9.17, 15) is 0 Å². The van der Waals surface area contributed by atoms with Crippen LogP contribution in [0.25, 0.3) is 11.3 Å². The van der Waals surface area contributed by atoms with Crippen LogP contribution in [0.1, 0.15) is 24.1 Å². The lowest BCUT2D eigenvalue weighted by Crippen LogP contribution is -2.09. The number of benzene rings is 1. The van der Waals surface area contributed by atoms with Gasteiger partial charge in [0, 0.05) is 11.3 Å². The fourth-order valence-corrected chi connectivity index (χ4v) is 2.68. The van der Waals surface area contributed by atoms with E-state index in [1.807, 2.05) is 18.2 Å². The van der Waals surface area contributed by atoms with Crippen molar-refractivity contribution in [1.29, 1.82) is 0 Å². The number of aromatic nitrogens is 2. The highest BCUT2D eigenvalue weighted by Crippen LogP contribution is 2.28. The molecule has 0 radical (unpaired) electrons. The van der Waals surface area contributed by atoms with Crippen LogP contribution in [0, 0.1) is 4.77 Å². The zero-order valence-electron chi connectivity index (χ0n) is 9.57. The van der Waals surface area contributed by atoms with E-state index in [1.54, 1.807) is 0 Å². The molecule has 2 aromatic rings. The van der Waals surface area contributed by atoms with Crippen molar-refractivity contribution in [2.24, 2.45) is 0 Å². The molecule has 0 aliphatic heterocycles. The van der Waals surface area contributed by atoms with Gasteiger partial charge in [-0.25, -0.2) is 4.98 Å². The number of rotatable bonds is 1. The lowest BCUT2D eigenvalue weighted by Gasteiger charge is -2.18. The first-order valence-corrected chi connectivity index (χ1v) is 6.43. The number of aryl methyl sites for hydroxylation is 1. The highest BCUT2D eigenvalue weighted by atomic mass is 32.1. The van der Waals surface area contributed by atoms with Crippen molar-refractivity contribution >= 4 is 12.2 Å². The third kappa shape index (κ3) is 2.03. The zero-order chi connectivity index (χ0) is 11.7. The van der Waals surface area contributed by atoms with Crippen LogP contribution in [0.2, 0.25) is 0 Å². The van der Waals surface area contributed by atoms with Crippen molar-refractivity contribution in [3.63, 3.8) is 0 Å². The minimum absolute atomic E-state index is 0.601. The molecule has 1 aromatic carbocycles. The van der Waals surface area contributed by atoms with E-state index in [4.69, 9.17) is 12.2 Å². The van der Waals surface area contributed by atoms with E-state index in [0.29, 0.717) is 4.77 Å². The van der Waals surface area contributed by atoms with Crippen LogP contribution in [-0.2, 0) is 12.8 Å². The van der Waals surface area contributed by atoms with Gasteiger partial charge in [0.15, 0.2) is 4.77 Å². The van der Waals surface area contributed by atoms with Gasteiger partial charge < -0.3 is 4.98 Å². The molecular weight excluding hydrogens is 228 g/mol. The third-order valence-corrected chi connectivity index (χ3v) is 3.47. The summed E-state index contributed by atoms with van der Waals surface area (Å²) < 4.78 is 0.601. The van der Waals surface area contributed by atoms with Crippen LogP contribution in [-0.4, -0.2) is 9.97 Å². The Hall–Kier alpha value is -1.48. The fourth-order valence-electron chi connectivity index (χ4n) is 2.47. The molecular formula is C14H14N2S. The molecule has 0 spiro atoms. The van der Waals surface area contributed by atoms with Gasteiger partial charge in [-0.3, -0.25) is 0 Å². The largest absolute Gasteiger partial charge is 0.334 e. The van der Waals surface area contributed by atoms with Gasteiger partial charge >= 0.3 is 0 Å². The summed E-state index contributed by atoms with van der Waals surface area (Å²) in [5.41, 5.74) is 4.89. The normalized spacial score (nSPS) is 14.4. The number of fused-ring (bicyclic) bond motifs is 1. The summed E-state index contributed by atoms with van der Waals surface area (Å²) in [6, 6.07) is 10.3. The van der Waals surface area contributed by atoms with Gasteiger partial charge in [0.25, 0.3) is 0 Å². The Kier molecular flexibility index (Phi) is 2.77. The van der Waals surface area contributed by atoms with E-state index < -0.39 is 0 Å². The molecule has 1 heterocycles. The van der Waals surface area contributed by atoms with Crippen LogP contribution in [0.3, 0.4) is 0 Å². The highest BCUT2D eigenvalue weighted by molar-refractivity contribution is 7.71. The second-order valence-corrected chi connectivity index (χ2v) is 4.81. The van der Waals surface area contributed by atoms with Gasteiger partial charge in [-0.15, -0.1) is 0 Å². The molecule has 3 heteroatoms. The average molecular weight is 242 g/mol. The summed E-state index contributed by atoms with van der Waals surface area (Å²) in [6.07, 6.45) is 4.70. The molecule has 0 saturated carbocycles. The number of aromatic amines is 1. The SMILES string of the molecule is S=c1nc(-c2ccccc2)c2c([nH]1)CCCC2. The number of nitrogens with zero attached hydrogens (tertiary/aromatic N) is 1. The fraction of sp³-hybridized carbons (Fsp3) is 0.286. The standard InChI is InChI=1S/C14H14N2S/c17-14-15-12-9-5-4-8-11(12)13(16-14)10-6-2-1-3-7-10/h1-3,6-7H,4-5,8-9H2,(H,15,16,17). The maximum Gasteiger partial charge on any atom is 0.197 e. The summed E-state index contributed by atoms with van der Waals surface area (Å²) in [4.78, 5) is 7.76. The molecule has 3 rings (SSSR count). The second kappa shape index (κ2) is 4.41. The molecule has 17 heavy (non-hydrogen) atoms. The van der Waals surface area contributed by atoms with E-state index >= 15 is 0 Å². The topological polar surface area (TPSA) is 28.7 Å². The Balaban J connectivity index is 2.22. The van der Waals surface area contributed by atoms with Crippen LogP contribution in [0.15, 0.2) is 30.3 Å². The van der Waals surface area contributed by atoms with Crippen molar-refractivity contribution < 1.29 is 0 Å². The van der Waals surface area contributed by atoms with Gasteiger partial charge in [-0.05, 0) is 43.5 Å². The molecule has 86 valence electrons. The second-order valence-electron chi connectivity index (χ2n) is 4.42. The minimum atomic E-state index is 0.601. The first-order chi connectivity index (χ1) is 8.34. The lowest BCUT2D eigenvalue weighted by molar-refractivity contribution is 0.662. The van der Waals surface area contributed by atoms with Crippen molar-refractivity contribution in [2.75, 3.05) is 0 Å². The predicted octanol–water partition coefficient (Wildman–Crippen LogP) is 3.68. The quantitative estimate of drug-likeness (QED) is 0.773. The van der Waals surface area contributed by atoms with Gasteiger partial charge in [0.2, 0.25) is 0 Å². The lowest BCUT2D eigenvalue weighted by atomic mass is 9.92. The third-order valence-electron chi connectivity index (χ3n) is 3.27. The van der Waals surface area contributed by atoms with Gasteiger partial charge in [-0.2, -0.15) is 0 Å². The highest BCUT2D eigenvalue weighted by Gasteiger charge is 2.16. The molecule has 0 fully saturated rings. The summed E-state index contributed by atoms with van der Waals surface area (Å²) in [5.74, 6) is 0. The van der Waals surface area contributed by atoms with E-state index in [0.717, 1.165) is 18.5 Å². The predicted molar refractivity (Wildman–Crippen MR) is 71.5 cm³/mol. The zero-order valence-corrected chi connectivity index (χ0v) is 10.4. The van der Waals surface area contributed by atoms with Crippen LogP contribution in [0.4, 0.5) is 0 Å².